The van der Waals surface area contributed by atoms with E-state index in [2.05, 4.69) is 28.2 Å². The zero-order valence-electron chi connectivity index (χ0n) is 12.0. The highest BCUT2D eigenvalue weighted by Gasteiger charge is 2.24. The van der Waals surface area contributed by atoms with Crippen LogP contribution in [0.5, 0.6) is 0 Å². The normalized spacial score (nSPS) is 15.2. The summed E-state index contributed by atoms with van der Waals surface area (Å²) in [5.74, 6) is 0. The Balaban J connectivity index is 1.98. The lowest BCUT2D eigenvalue weighted by molar-refractivity contribution is 0.593. The van der Waals surface area contributed by atoms with Crippen molar-refractivity contribution in [2.24, 2.45) is 0 Å². The Morgan fingerprint density at radius 3 is 3.05 bits per heavy atom. The first kappa shape index (κ1) is 15.5. The van der Waals surface area contributed by atoms with Crippen LogP contribution >= 0.6 is 38.9 Å². The Morgan fingerprint density at radius 1 is 1.43 bits per heavy atom. The number of nitrogens with zero attached hydrogens (tertiary/aromatic N) is 1. The van der Waals surface area contributed by atoms with E-state index in [0.29, 0.717) is 0 Å². The molecule has 21 heavy (non-hydrogen) atoms. The molecule has 1 N–H and O–H groups in total. The number of hydrogen-bond acceptors (Lipinski definition) is 3. The second-order valence-corrected chi connectivity index (χ2v) is 7.73. The highest BCUT2D eigenvalue weighted by Crippen LogP contribution is 2.36. The fourth-order valence-corrected chi connectivity index (χ4v) is 4.59. The number of aromatic nitrogens is 1. The van der Waals surface area contributed by atoms with E-state index in [1.807, 2.05) is 29.5 Å². The molecule has 0 spiro atoms. The smallest absolute Gasteiger partial charge is 0.115 e. The minimum Gasteiger partial charge on any atom is -0.304 e. The van der Waals surface area contributed by atoms with Crippen molar-refractivity contribution in [1.29, 1.82) is 0 Å². The third-order valence-corrected chi connectivity index (χ3v) is 5.91. The lowest BCUT2D eigenvalue weighted by atomic mass is 10.1. The van der Waals surface area contributed by atoms with E-state index in [1.54, 1.807) is 0 Å². The maximum atomic E-state index is 6.19. The molecule has 1 heterocycles. The summed E-state index contributed by atoms with van der Waals surface area (Å²) in [4.78, 5) is 6.35. The summed E-state index contributed by atoms with van der Waals surface area (Å²) < 4.78 is 1.08. The zero-order chi connectivity index (χ0) is 14.8. The topological polar surface area (TPSA) is 24.9 Å². The van der Waals surface area contributed by atoms with Gasteiger partial charge in [-0.25, -0.2) is 4.98 Å². The fraction of sp³-hybridized carbons (Fsp3) is 0.438. The second kappa shape index (κ2) is 6.78. The molecular formula is C16H18BrClN2S. The SMILES string of the molecule is CCCNC(c1nc2c(s1)CCC2)c1cc(Cl)ccc1Br. The molecule has 0 bridgehead atoms. The molecule has 0 amide bonds. The fourth-order valence-electron chi connectivity index (χ4n) is 2.69. The van der Waals surface area contributed by atoms with Crippen molar-refractivity contribution in [2.45, 2.75) is 38.6 Å². The molecule has 1 aliphatic rings. The number of halogens is 2. The Kier molecular flexibility index (Phi) is 4.99. The van der Waals surface area contributed by atoms with E-state index in [0.717, 1.165) is 33.9 Å². The molecule has 1 aliphatic carbocycles. The van der Waals surface area contributed by atoms with Gasteiger partial charge in [-0.05, 0) is 56.0 Å². The third kappa shape index (κ3) is 3.34. The summed E-state index contributed by atoms with van der Waals surface area (Å²) >= 11 is 11.7. The van der Waals surface area contributed by atoms with Gasteiger partial charge in [0.25, 0.3) is 0 Å². The number of aryl methyl sites for hydroxylation is 2. The van der Waals surface area contributed by atoms with Crippen molar-refractivity contribution < 1.29 is 0 Å². The molecule has 0 saturated carbocycles. The largest absolute Gasteiger partial charge is 0.304 e. The first-order chi connectivity index (χ1) is 10.2. The Hall–Kier alpha value is -0.420. The average molecular weight is 386 g/mol. The van der Waals surface area contributed by atoms with Crippen molar-refractivity contribution >= 4 is 38.9 Å². The van der Waals surface area contributed by atoms with E-state index in [-0.39, 0.29) is 6.04 Å². The molecule has 0 radical (unpaired) electrons. The lowest BCUT2D eigenvalue weighted by Crippen LogP contribution is -2.23. The quantitative estimate of drug-likeness (QED) is 0.771. The molecule has 1 aromatic carbocycles. The van der Waals surface area contributed by atoms with Gasteiger partial charge in [0.2, 0.25) is 0 Å². The summed E-state index contributed by atoms with van der Waals surface area (Å²) in [6.07, 6.45) is 4.66. The van der Waals surface area contributed by atoms with Gasteiger partial charge in [-0.15, -0.1) is 11.3 Å². The van der Waals surface area contributed by atoms with Crippen LogP contribution in [0.2, 0.25) is 5.02 Å². The van der Waals surface area contributed by atoms with Crippen LogP contribution in [0.15, 0.2) is 22.7 Å². The molecule has 1 unspecified atom stereocenters. The van der Waals surface area contributed by atoms with E-state index in [4.69, 9.17) is 16.6 Å². The van der Waals surface area contributed by atoms with E-state index in [1.165, 1.54) is 29.0 Å². The van der Waals surface area contributed by atoms with Gasteiger partial charge in [0, 0.05) is 14.4 Å². The van der Waals surface area contributed by atoms with Gasteiger partial charge in [0.15, 0.2) is 0 Å². The molecule has 5 heteroatoms. The van der Waals surface area contributed by atoms with Gasteiger partial charge in [0.05, 0.1) is 11.7 Å². The number of benzene rings is 1. The van der Waals surface area contributed by atoms with Crippen molar-refractivity contribution in [3.05, 3.63) is 48.8 Å². The summed E-state index contributed by atoms with van der Waals surface area (Å²) in [6.45, 7) is 3.15. The molecule has 1 atom stereocenters. The van der Waals surface area contributed by atoms with Crippen LogP contribution in [-0.2, 0) is 12.8 Å². The van der Waals surface area contributed by atoms with Crippen molar-refractivity contribution in [1.82, 2.24) is 10.3 Å². The Morgan fingerprint density at radius 2 is 2.29 bits per heavy atom. The molecule has 2 aromatic rings. The predicted octanol–water partition coefficient (Wildman–Crippen LogP) is 5.14. The molecule has 0 saturated heterocycles. The monoisotopic (exact) mass is 384 g/mol. The van der Waals surface area contributed by atoms with Crippen LogP contribution in [0.4, 0.5) is 0 Å². The summed E-state index contributed by atoms with van der Waals surface area (Å²) in [6, 6.07) is 6.08. The first-order valence-electron chi connectivity index (χ1n) is 7.36. The van der Waals surface area contributed by atoms with Gasteiger partial charge in [-0.3, -0.25) is 0 Å². The zero-order valence-corrected chi connectivity index (χ0v) is 15.1. The van der Waals surface area contributed by atoms with Crippen LogP contribution in [-0.4, -0.2) is 11.5 Å². The van der Waals surface area contributed by atoms with E-state index < -0.39 is 0 Å². The maximum Gasteiger partial charge on any atom is 0.115 e. The van der Waals surface area contributed by atoms with Crippen LogP contribution in [0.25, 0.3) is 0 Å². The van der Waals surface area contributed by atoms with Crippen molar-refractivity contribution in [3.8, 4) is 0 Å². The highest BCUT2D eigenvalue weighted by molar-refractivity contribution is 9.10. The minimum atomic E-state index is 0.119. The van der Waals surface area contributed by atoms with Crippen molar-refractivity contribution in [2.75, 3.05) is 6.54 Å². The molecule has 3 rings (SSSR count). The summed E-state index contributed by atoms with van der Waals surface area (Å²) in [5, 5.41) is 5.55. The second-order valence-electron chi connectivity index (χ2n) is 5.33. The molecular weight excluding hydrogens is 368 g/mol. The number of fused-ring (bicyclic) bond motifs is 1. The van der Waals surface area contributed by atoms with Crippen LogP contribution in [0, 0.1) is 0 Å². The van der Waals surface area contributed by atoms with Gasteiger partial charge in [-0.1, -0.05) is 34.5 Å². The molecule has 2 nitrogen and oxygen atoms in total. The number of rotatable bonds is 5. The first-order valence-corrected chi connectivity index (χ1v) is 9.34. The van der Waals surface area contributed by atoms with E-state index in [9.17, 15) is 0 Å². The summed E-state index contributed by atoms with van der Waals surface area (Å²) in [5.41, 5.74) is 2.47. The van der Waals surface area contributed by atoms with Gasteiger partial charge < -0.3 is 5.32 Å². The van der Waals surface area contributed by atoms with Crippen LogP contribution < -0.4 is 5.32 Å². The number of hydrogen-bond donors (Lipinski definition) is 1. The Bertz CT molecular complexity index is 620. The number of nitrogens with one attached hydrogen (secondary N) is 1. The standard InChI is InChI=1S/C16H18BrClN2S/c1-2-8-19-15(11-9-10(18)6-7-12(11)17)16-20-13-4-3-5-14(13)21-16/h6-7,9,15,19H,2-5,8H2,1H3. The van der Waals surface area contributed by atoms with Gasteiger partial charge >= 0.3 is 0 Å². The van der Waals surface area contributed by atoms with Crippen LogP contribution in [0.3, 0.4) is 0 Å². The molecule has 1 aromatic heterocycles. The van der Waals surface area contributed by atoms with E-state index >= 15 is 0 Å². The molecule has 0 aliphatic heterocycles. The van der Waals surface area contributed by atoms with Gasteiger partial charge in [-0.2, -0.15) is 0 Å². The predicted molar refractivity (Wildman–Crippen MR) is 93.4 cm³/mol. The Labute approximate surface area is 143 Å². The van der Waals surface area contributed by atoms with Crippen molar-refractivity contribution in [3.63, 3.8) is 0 Å². The molecule has 112 valence electrons. The minimum absolute atomic E-state index is 0.119. The number of thiazole rings is 1. The van der Waals surface area contributed by atoms with Gasteiger partial charge in [0.1, 0.15) is 5.01 Å². The average Bonchev–Trinajstić information content (AvgIpc) is 3.04. The highest BCUT2D eigenvalue weighted by atomic mass is 79.9. The summed E-state index contributed by atoms with van der Waals surface area (Å²) in [7, 11) is 0. The third-order valence-electron chi connectivity index (χ3n) is 3.73. The lowest BCUT2D eigenvalue weighted by Gasteiger charge is -2.18. The van der Waals surface area contributed by atoms with Crippen LogP contribution in [0.1, 0.15) is 46.9 Å². The maximum absolute atomic E-state index is 6.19. The molecule has 0 fully saturated rings.